The summed E-state index contributed by atoms with van der Waals surface area (Å²) >= 11 is 6.18. The second kappa shape index (κ2) is 11.2. The quantitative estimate of drug-likeness (QED) is 0.153. The topological polar surface area (TPSA) is 202 Å². The molecule has 212 valence electrons. The molecule has 5 atom stereocenters. The molecule has 0 bridgehead atoms. The molecule has 3 aliphatic rings. The molecule has 2 aliphatic carbocycles. The van der Waals surface area contributed by atoms with E-state index in [-0.39, 0.29) is 17.0 Å². The van der Waals surface area contributed by atoms with E-state index in [1.165, 1.54) is 10.9 Å². The Bertz CT molecular complexity index is 1170. The molecule has 3 heterocycles. The van der Waals surface area contributed by atoms with E-state index in [9.17, 15) is 29.7 Å². The fourth-order valence-corrected chi connectivity index (χ4v) is 5.68. The summed E-state index contributed by atoms with van der Waals surface area (Å²) in [6.45, 7) is -1.82. The summed E-state index contributed by atoms with van der Waals surface area (Å²) in [7, 11) is -5.01. The molecule has 1 aliphatic heterocycles. The van der Waals surface area contributed by atoms with Crippen molar-refractivity contribution in [3.63, 3.8) is 0 Å². The highest BCUT2D eigenvalue weighted by molar-refractivity contribution is 7.53. The van der Waals surface area contributed by atoms with Crippen molar-refractivity contribution >= 4 is 36.0 Å². The Balaban J connectivity index is 1.32. The van der Waals surface area contributed by atoms with Gasteiger partial charge in [0.15, 0.2) is 11.9 Å². The van der Waals surface area contributed by atoms with E-state index in [4.69, 9.17) is 25.8 Å². The lowest BCUT2D eigenvalue weighted by molar-refractivity contribution is -0.130. The zero-order valence-electron chi connectivity index (χ0n) is 20.6. The van der Waals surface area contributed by atoms with Crippen LogP contribution in [0.1, 0.15) is 44.8 Å². The molecule has 16 heteroatoms. The first kappa shape index (κ1) is 28.1. The zero-order valence-corrected chi connectivity index (χ0v) is 22.2. The maximum Gasteiger partial charge on any atom is 0.361 e. The van der Waals surface area contributed by atoms with Crippen molar-refractivity contribution in [2.75, 3.05) is 31.7 Å². The van der Waals surface area contributed by atoms with Gasteiger partial charge in [0, 0.05) is 12.6 Å². The molecule has 0 spiro atoms. The predicted molar refractivity (Wildman–Crippen MR) is 133 cm³/mol. The van der Waals surface area contributed by atoms with Crippen molar-refractivity contribution in [2.24, 2.45) is 5.92 Å². The van der Waals surface area contributed by atoms with E-state index >= 15 is 0 Å². The van der Waals surface area contributed by atoms with Crippen molar-refractivity contribution in [1.29, 1.82) is 0 Å². The first-order valence-electron chi connectivity index (χ1n) is 12.7. The van der Waals surface area contributed by atoms with Crippen molar-refractivity contribution in [1.82, 2.24) is 19.7 Å². The smallest absolute Gasteiger partial charge is 0.361 e. The Morgan fingerprint density at radius 1 is 1.16 bits per heavy atom. The van der Waals surface area contributed by atoms with Crippen LogP contribution in [0.2, 0.25) is 5.28 Å². The van der Waals surface area contributed by atoms with Crippen LogP contribution in [-0.2, 0) is 18.8 Å². The molecule has 2 aromatic rings. The predicted octanol–water partition coefficient (Wildman–Crippen LogP) is 0.763. The number of fused-ring (bicyclic) bond motifs is 1. The molecule has 14 nitrogen and oxygen atoms in total. The van der Waals surface area contributed by atoms with Gasteiger partial charge in [0.1, 0.15) is 24.1 Å². The summed E-state index contributed by atoms with van der Waals surface area (Å²) in [6, 6.07) is 0.248. The summed E-state index contributed by atoms with van der Waals surface area (Å²) in [5.74, 6) is 0.834. The van der Waals surface area contributed by atoms with Crippen molar-refractivity contribution < 1.29 is 43.9 Å². The average Bonchev–Trinajstić information content (AvgIpc) is 3.24. The third-order valence-corrected chi connectivity index (χ3v) is 9.00. The van der Waals surface area contributed by atoms with Crippen LogP contribution in [0, 0.1) is 5.92 Å². The second-order valence-electron chi connectivity index (χ2n) is 10.3. The van der Waals surface area contributed by atoms with Crippen LogP contribution < -0.4 is 5.32 Å². The molecule has 0 amide bonds. The number of hydrogen-bond acceptors (Lipinski definition) is 11. The van der Waals surface area contributed by atoms with Gasteiger partial charge in [-0.15, -0.1) is 0 Å². The maximum absolute atomic E-state index is 12.2. The van der Waals surface area contributed by atoms with Gasteiger partial charge in [-0.2, -0.15) is 15.1 Å². The zero-order chi connectivity index (χ0) is 27.1. The van der Waals surface area contributed by atoms with Gasteiger partial charge >= 0.3 is 7.60 Å². The monoisotopic (exact) mass is 577 g/mol. The number of rotatable bonds is 12. The summed E-state index contributed by atoms with van der Waals surface area (Å²) in [5, 5.41) is 37.2. The molecule has 0 radical (unpaired) electrons. The van der Waals surface area contributed by atoms with E-state index in [0.29, 0.717) is 23.7 Å². The number of aliphatic hydroxyl groups excluding tert-OH is 3. The highest BCUT2D eigenvalue weighted by Gasteiger charge is 2.51. The van der Waals surface area contributed by atoms with E-state index in [1.54, 1.807) is 0 Å². The van der Waals surface area contributed by atoms with Crippen molar-refractivity contribution in [3.05, 3.63) is 11.5 Å². The van der Waals surface area contributed by atoms with Gasteiger partial charge in [-0.3, -0.25) is 4.57 Å². The van der Waals surface area contributed by atoms with Gasteiger partial charge in [-0.25, -0.2) is 4.68 Å². The Labute approximate surface area is 223 Å². The molecule has 3 fully saturated rings. The standard InChI is InChI=1S/C22H33ClN5O9P/c23-21-26-18(25-13-3-1-2-4-13)14-7-24-28(19(14)27-21)20-17(31)16(30)15(37-20)9-36-22(10-29,38(32,33)34)11-35-8-12-5-6-12/h7,12-13,15-17,20,29-31H,1-6,8-11H2,(H,25,26,27)(H2,32,33,34)/t15-,16-,17-,20-,22?/m1/s1. The number of hydrogen-bond donors (Lipinski definition) is 6. The minimum Gasteiger partial charge on any atom is -0.393 e. The Morgan fingerprint density at radius 3 is 2.55 bits per heavy atom. The van der Waals surface area contributed by atoms with E-state index in [2.05, 4.69) is 20.4 Å². The van der Waals surface area contributed by atoms with E-state index in [1.807, 2.05) is 0 Å². The van der Waals surface area contributed by atoms with Crippen molar-refractivity contribution in [2.45, 2.75) is 74.4 Å². The molecule has 6 N–H and O–H groups in total. The van der Waals surface area contributed by atoms with E-state index < -0.39 is 57.3 Å². The highest BCUT2D eigenvalue weighted by atomic mass is 35.5. The fraction of sp³-hybridized carbons (Fsp3) is 0.773. The SMILES string of the molecule is O=P(O)(O)C(CO)(COCC1CC1)OC[C@H]1O[C@@H](n2ncc3c(NC4CCCC4)nc(Cl)nc32)[C@H](O)[C@@H]1O. The molecule has 2 aromatic heterocycles. The second-order valence-corrected chi connectivity index (χ2v) is 12.5. The van der Waals surface area contributed by atoms with Gasteiger partial charge in [-0.1, -0.05) is 12.8 Å². The number of ether oxygens (including phenoxy) is 3. The van der Waals surface area contributed by atoms with Crippen molar-refractivity contribution in [3.8, 4) is 0 Å². The summed E-state index contributed by atoms with van der Waals surface area (Å²) in [6.07, 6.45) is 2.33. The van der Waals surface area contributed by atoms with Crippen LogP contribution in [0.25, 0.3) is 11.0 Å². The number of halogens is 1. The molecule has 1 unspecified atom stereocenters. The summed E-state index contributed by atoms with van der Waals surface area (Å²) in [5.41, 5.74) is 0.275. The summed E-state index contributed by atoms with van der Waals surface area (Å²) in [4.78, 5) is 28.4. The van der Waals surface area contributed by atoms with Crippen LogP contribution >= 0.6 is 19.2 Å². The Kier molecular flexibility index (Phi) is 8.28. The lowest BCUT2D eigenvalue weighted by atomic mass is 10.1. The lowest BCUT2D eigenvalue weighted by Crippen LogP contribution is -2.45. The van der Waals surface area contributed by atoms with Crippen LogP contribution in [0.5, 0.6) is 0 Å². The lowest BCUT2D eigenvalue weighted by Gasteiger charge is -2.33. The van der Waals surface area contributed by atoms with Crippen LogP contribution in [0.4, 0.5) is 5.82 Å². The van der Waals surface area contributed by atoms with Crippen LogP contribution in [0.3, 0.4) is 0 Å². The normalized spacial score (nSPS) is 28.3. The van der Waals surface area contributed by atoms with Gasteiger partial charge < -0.3 is 44.6 Å². The molecular formula is C22H33ClN5O9P. The average molecular weight is 578 g/mol. The minimum absolute atomic E-state index is 0.0340. The Morgan fingerprint density at radius 2 is 1.89 bits per heavy atom. The number of aromatic nitrogens is 4. The molecular weight excluding hydrogens is 545 g/mol. The van der Waals surface area contributed by atoms with Crippen LogP contribution in [-0.4, -0.2) is 101 Å². The molecule has 2 saturated carbocycles. The number of nitrogens with zero attached hydrogens (tertiary/aromatic N) is 4. The molecule has 38 heavy (non-hydrogen) atoms. The van der Waals surface area contributed by atoms with Gasteiger partial charge in [-0.05, 0) is 43.2 Å². The Hall–Kier alpha value is -1.45. The van der Waals surface area contributed by atoms with Gasteiger partial charge in [0.05, 0.1) is 31.4 Å². The molecule has 5 rings (SSSR count). The minimum atomic E-state index is -5.01. The van der Waals surface area contributed by atoms with Gasteiger partial charge in [0.25, 0.3) is 0 Å². The third-order valence-electron chi connectivity index (χ3n) is 7.37. The first-order chi connectivity index (χ1) is 18.1. The fourth-order valence-electron chi connectivity index (χ4n) is 4.83. The van der Waals surface area contributed by atoms with Crippen LogP contribution in [0.15, 0.2) is 6.20 Å². The first-order valence-corrected chi connectivity index (χ1v) is 14.7. The van der Waals surface area contributed by atoms with Gasteiger partial charge in [0.2, 0.25) is 10.6 Å². The third kappa shape index (κ3) is 5.71. The highest BCUT2D eigenvalue weighted by Crippen LogP contribution is 2.52. The number of nitrogens with one attached hydrogen (secondary N) is 1. The summed E-state index contributed by atoms with van der Waals surface area (Å²) < 4.78 is 30.3. The van der Waals surface area contributed by atoms with E-state index in [0.717, 1.165) is 38.5 Å². The number of anilines is 1. The largest absolute Gasteiger partial charge is 0.393 e. The number of aliphatic hydroxyl groups is 3. The molecule has 0 aromatic carbocycles. The molecule has 1 saturated heterocycles. The maximum atomic E-state index is 12.2.